The zero-order chi connectivity index (χ0) is 12.6. The van der Waals surface area contributed by atoms with Crippen molar-refractivity contribution in [3.63, 3.8) is 0 Å². The third kappa shape index (κ3) is 2.07. The quantitative estimate of drug-likeness (QED) is 0.604. The molecule has 2 bridgehead atoms. The molecule has 0 aliphatic heterocycles. The van der Waals surface area contributed by atoms with Crippen molar-refractivity contribution in [3.8, 4) is 5.75 Å². The molecule has 0 spiro atoms. The van der Waals surface area contributed by atoms with Crippen molar-refractivity contribution >= 4 is 5.69 Å². The Bertz CT molecular complexity index is 433. The Kier molecular flexibility index (Phi) is 2.73. The van der Waals surface area contributed by atoms with Crippen LogP contribution in [0.4, 0.5) is 5.69 Å². The number of nitro groups is 1. The standard InChI is InChI=1S/C14H17NO3/c16-15(17)12-1-3-13(4-2-12)18-14-8-5-11(6-9-14)7-10-14/h1-4,11H,5-10H2. The predicted molar refractivity (Wildman–Crippen MR) is 67.6 cm³/mol. The zero-order valence-corrected chi connectivity index (χ0v) is 10.3. The zero-order valence-electron chi connectivity index (χ0n) is 10.3. The van der Waals surface area contributed by atoms with Crippen molar-refractivity contribution < 1.29 is 9.66 Å². The lowest BCUT2D eigenvalue weighted by molar-refractivity contribution is -0.384. The second-order valence-electron chi connectivity index (χ2n) is 5.52. The Hall–Kier alpha value is -1.58. The van der Waals surface area contributed by atoms with Gasteiger partial charge in [0.25, 0.3) is 5.69 Å². The molecule has 96 valence electrons. The van der Waals surface area contributed by atoms with Crippen molar-refractivity contribution in [2.45, 2.75) is 44.1 Å². The fourth-order valence-electron chi connectivity index (χ4n) is 3.25. The molecule has 1 aromatic rings. The monoisotopic (exact) mass is 247 g/mol. The highest BCUT2D eigenvalue weighted by molar-refractivity contribution is 5.36. The number of nitro benzene ring substituents is 1. The summed E-state index contributed by atoms with van der Waals surface area (Å²) in [4.78, 5) is 10.2. The molecular formula is C14H17NO3. The summed E-state index contributed by atoms with van der Waals surface area (Å²) in [6, 6.07) is 6.46. The fourth-order valence-corrected chi connectivity index (χ4v) is 3.25. The number of fused-ring (bicyclic) bond motifs is 3. The highest BCUT2D eigenvalue weighted by Gasteiger charge is 2.42. The van der Waals surface area contributed by atoms with Gasteiger partial charge in [0.05, 0.1) is 4.92 Å². The molecule has 0 atom stereocenters. The highest BCUT2D eigenvalue weighted by Crippen LogP contribution is 2.46. The molecular weight excluding hydrogens is 230 g/mol. The van der Waals surface area contributed by atoms with Crippen LogP contribution in [0.15, 0.2) is 24.3 Å². The summed E-state index contributed by atoms with van der Waals surface area (Å²) < 4.78 is 6.14. The van der Waals surface area contributed by atoms with Crippen molar-refractivity contribution in [2.75, 3.05) is 0 Å². The van der Waals surface area contributed by atoms with E-state index in [9.17, 15) is 10.1 Å². The van der Waals surface area contributed by atoms with Crippen molar-refractivity contribution in [2.24, 2.45) is 5.92 Å². The summed E-state index contributed by atoms with van der Waals surface area (Å²) in [7, 11) is 0. The Morgan fingerprint density at radius 1 is 1.11 bits per heavy atom. The average Bonchev–Trinajstić information content (AvgIpc) is 2.41. The molecule has 0 heterocycles. The maximum atomic E-state index is 10.6. The molecule has 3 saturated carbocycles. The van der Waals surface area contributed by atoms with E-state index in [1.165, 1.54) is 31.4 Å². The number of benzene rings is 1. The minimum absolute atomic E-state index is 0.00484. The van der Waals surface area contributed by atoms with Crippen LogP contribution < -0.4 is 4.74 Å². The van der Waals surface area contributed by atoms with Gasteiger partial charge in [-0.05, 0) is 56.6 Å². The normalized spacial score (nSPS) is 30.1. The van der Waals surface area contributed by atoms with E-state index in [2.05, 4.69) is 0 Å². The van der Waals surface area contributed by atoms with Gasteiger partial charge in [0.1, 0.15) is 11.4 Å². The van der Waals surface area contributed by atoms with Gasteiger partial charge in [-0.1, -0.05) is 0 Å². The molecule has 0 amide bonds. The van der Waals surface area contributed by atoms with E-state index in [-0.39, 0.29) is 16.2 Å². The molecule has 3 aliphatic carbocycles. The Balaban J connectivity index is 1.73. The maximum Gasteiger partial charge on any atom is 0.269 e. The van der Waals surface area contributed by atoms with Crippen LogP contribution in [0.5, 0.6) is 5.75 Å². The van der Waals surface area contributed by atoms with E-state index in [1.54, 1.807) is 12.1 Å². The molecule has 3 aliphatic rings. The van der Waals surface area contributed by atoms with Gasteiger partial charge in [0.15, 0.2) is 0 Å². The number of nitrogens with zero attached hydrogens (tertiary/aromatic N) is 1. The maximum absolute atomic E-state index is 10.6. The van der Waals surface area contributed by atoms with Gasteiger partial charge >= 0.3 is 0 Å². The molecule has 0 radical (unpaired) electrons. The minimum atomic E-state index is -0.381. The summed E-state index contributed by atoms with van der Waals surface area (Å²) >= 11 is 0. The third-order valence-corrected chi connectivity index (χ3v) is 4.41. The molecule has 0 N–H and O–H groups in total. The van der Waals surface area contributed by atoms with Gasteiger partial charge in [0.2, 0.25) is 0 Å². The predicted octanol–water partition coefficient (Wildman–Crippen LogP) is 3.70. The lowest BCUT2D eigenvalue weighted by Gasteiger charge is -2.46. The van der Waals surface area contributed by atoms with Crippen LogP contribution >= 0.6 is 0 Å². The molecule has 4 heteroatoms. The largest absolute Gasteiger partial charge is 0.487 e. The molecule has 0 aromatic heterocycles. The van der Waals surface area contributed by atoms with E-state index >= 15 is 0 Å². The van der Waals surface area contributed by atoms with E-state index in [1.807, 2.05) is 0 Å². The van der Waals surface area contributed by atoms with Gasteiger partial charge in [-0.3, -0.25) is 10.1 Å². The van der Waals surface area contributed by atoms with E-state index in [0.717, 1.165) is 30.9 Å². The number of non-ortho nitro benzene ring substituents is 1. The van der Waals surface area contributed by atoms with Crippen molar-refractivity contribution in [1.29, 1.82) is 0 Å². The van der Waals surface area contributed by atoms with Gasteiger partial charge in [0, 0.05) is 12.1 Å². The van der Waals surface area contributed by atoms with Crippen molar-refractivity contribution in [1.82, 2.24) is 0 Å². The van der Waals surface area contributed by atoms with Gasteiger partial charge in [-0.25, -0.2) is 0 Å². The van der Waals surface area contributed by atoms with Crippen LogP contribution in [0, 0.1) is 16.0 Å². The first-order chi connectivity index (χ1) is 8.67. The first-order valence-electron chi connectivity index (χ1n) is 6.60. The first kappa shape index (κ1) is 11.5. The summed E-state index contributed by atoms with van der Waals surface area (Å²) in [5, 5.41) is 10.6. The lowest BCUT2D eigenvalue weighted by Crippen LogP contribution is -2.44. The van der Waals surface area contributed by atoms with Gasteiger partial charge in [-0.2, -0.15) is 0 Å². The van der Waals surface area contributed by atoms with Crippen molar-refractivity contribution in [3.05, 3.63) is 34.4 Å². The Labute approximate surface area is 106 Å². The Morgan fingerprint density at radius 3 is 2.17 bits per heavy atom. The van der Waals surface area contributed by atoms with Crippen LogP contribution in [0.2, 0.25) is 0 Å². The van der Waals surface area contributed by atoms with Crippen LogP contribution in [0.25, 0.3) is 0 Å². The summed E-state index contributed by atoms with van der Waals surface area (Å²) in [6.45, 7) is 0. The average molecular weight is 247 g/mol. The van der Waals surface area contributed by atoms with Crippen LogP contribution in [-0.4, -0.2) is 10.5 Å². The molecule has 3 fully saturated rings. The lowest BCUT2D eigenvalue weighted by atomic mass is 9.68. The first-order valence-corrected chi connectivity index (χ1v) is 6.60. The smallest absolute Gasteiger partial charge is 0.269 e. The number of ether oxygens (including phenoxy) is 1. The Morgan fingerprint density at radius 2 is 1.67 bits per heavy atom. The summed E-state index contributed by atoms with van der Waals surface area (Å²) in [6.07, 6.45) is 7.21. The summed E-state index contributed by atoms with van der Waals surface area (Å²) in [5.41, 5.74) is 0.123. The van der Waals surface area contributed by atoms with E-state index < -0.39 is 0 Å². The van der Waals surface area contributed by atoms with Crippen LogP contribution in [0.3, 0.4) is 0 Å². The third-order valence-electron chi connectivity index (χ3n) is 4.41. The van der Waals surface area contributed by atoms with E-state index in [0.29, 0.717) is 0 Å². The number of hydrogen-bond donors (Lipinski definition) is 0. The second-order valence-corrected chi connectivity index (χ2v) is 5.52. The SMILES string of the molecule is O=[N+]([O-])c1ccc(OC23CCC(CC2)CC3)cc1. The van der Waals surface area contributed by atoms with Gasteiger partial charge in [-0.15, -0.1) is 0 Å². The number of rotatable bonds is 3. The van der Waals surface area contributed by atoms with Gasteiger partial charge < -0.3 is 4.74 Å². The topological polar surface area (TPSA) is 52.4 Å². The highest BCUT2D eigenvalue weighted by atomic mass is 16.6. The molecule has 0 unspecified atom stereocenters. The second kappa shape index (κ2) is 4.26. The molecule has 4 rings (SSSR count). The van der Waals surface area contributed by atoms with Crippen LogP contribution in [-0.2, 0) is 0 Å². The van der Waals surface area contributed by atoms with Crippen LogP contribution in [0.1, 0.15) is 38.5 Å². The molecule has 4 nitrogen and oxygen atoms in total. The minimum Gasteiger partial charge on any atom is -0.487 e. The number of hydrogen-bond acceptors (Lipinski definition) is 3. The van der Waals surface area contributed by atoms with E-state index in [4.69, 9.17) is 4.74 Å². The summed E-state index contributed by atoms with van der Waals surface area (Å²) in [5.74, 6) is 1.67. The molecule has 18 heavy (non-hydrogen) atoms. The molecule has 1 aromatic carbocycles. The fraction of sp³-hybridized carbons (Fsp3) is 0.571. The molecule has 0 saturated heterocycles.